The van der Waals surface area contributed by atoms with Crippen molar-refractivity contribution in [1.29, 1.82) is 0 Å². The number of piperidine rings is 1. The third-order valence-corrected chi connectivity index (χ3v) is 8.88. The maximum atomic E-state index is 13.0. The van der Waals surface area contributed by atoms with E-state index >= 15 is 0 Å². The van der Waals surface area contributed by atoms with Crippen LogP contribution in [0.1, 0.15) is 46.9 Å². The average molecular weight is 600 g/mol. The van der Waals surface area contributed by atoms with Crippen molar-refractivity contribution >= 4 is 35.5 Å². The van der Waals surface area contributed by atoms with E-state index < -0.39 is 0 Å². The highest BCUT2D eigenvalue weighted by Crippen LogP contribution is 2.25. The van der Waals surface area contributed by atoms with Gasteiger partial charge in [0.15, 0.2) is 5.16 Å². The number of carbonyl (C=O) groups excluding carboxylic acids is 2. The predicted molar refractivity (Wildman–Crippen MR) is 172 cm³/mol. The molecule has 0 bridgehead atoms. The van der Waals surface area contributed by atoms with Crippen molar-refractivity contribution in [2.45, 2.75) is 37.6 Å². The van der Waals surface area contributed by atoms with Crippen molar-refractivity contribution in [3.63, 3.8) is 0 Å². The minimum atomic E-state index is -0.147. The Morgan fingerprint density at radius 2 is 1.67 bits per heavy atom. The Balaban J connectivity index is 1.09. The number of likely N-dealkylation sites (tertiary alicyclic amines) is 1. The van der Waals surface area contributed by atoms with Crippen molar-refractivity contribution in [1.82, 2.24) is 19.8 Å². The Hall–Kier alpha value is -3.69. The molecule has 9 heteroatoms. The summed E-state index contributed by atoms with van der Waals surface area (Å²) >= 11 is 1.62. The number of thioether (sulfide) groups is 1. The molecular formula is C34H41N5O3S. The van der Waals surface area contributed by atoms with Crippen molar-refractivity contribution in [2.75, 3.05) is 57.3 Å². The van der Waals surface area contributed by atoms with Gasteiger partial charge in [0.1, 0.15) is 5.82 Å². The fourth-order valence-electron chi connectivity index (χ4n) is 5.47. The molecule has 0 aliphatic carbocycles. The Labute approximate surface area is 259 Å². The molecular weight excluding hydrogens is 558 g/mol. The van der Waals surface area contributed by atoms with Crippen LogP contribution in [-0.4, -0.2) is 84.1 Å². The zero-order chi connectivity index (χ0) is 30.0. The SMILES string of the molecule is CCOC(=O)C1CCN(C(=O)c2ccc(CSc3nc(C)cc(N4CCN(C/C=C/c5ccccc5)CC4)n3)cc2)CC1. The Morgan fingerprint density at radius 1 is 0.953 bits per heavy atom. The van der Waals surface area contributed by atoms with Gasteiger partial charge in [0.2, 0.25) is 0 Å². The van der Waals surface area contributed by atoms with Gasteiger partial charge < -0.3 is 14.5 Å². The molecule has 2 saturated heterocycles. The fourth-order valence-corrected chi connectivity index (χ4v) is 6.32. The van der Waals surface area contributed by atoms with Crippen LogP contribution in [-0.2, 0) is 15.3 Å². The summed E-state index contributed by atoms with van der Waals surface area (Å²) < 4.78 is 5.14. The molecule has 2 aromatic carbocycles. The van der Waals surface area contributed by atoms with E-state index in [1.165, 1.54) is 5.56 Å². The topological polar surface area (TPSA) is 78.9 Å². The maximum Gasteiger partial charge on any atom is 0.309 e. The number of anilines is 1. The second-order valence-corrected chi connectivity index (χ2v) is 12.0. The third-order valence-electron chi connectivity index (χ3n) is 7.96. The molecule has 3 heterocycles. The molecule has 0 saturated carbocycles. The van der Waals surface area contributed by atoms with Gasteiger partial charge in [0.05, 0.1) is 12.5 Å². The van der Waals surface area contributed by atoms with Crippen LogP contribution in [0.5, 0.6) is 0 Å². The van der Waals surface area contributed by atoms with Gasteiger partial charge in [0, 0.05) is 68.9 Å². The van der Waals surface area contributed by atoms with Crippen LogP contribution in [0, 0.1) is 12.8 Å². The van der Waals surface area contributed by atoms with Crippen LogP contribution in [0.15, 0.2) is 71.9 Å². The second kappa shape index (κ2) is 15.2. The first-order chi connectivity index (χ1) is 21.0. The van der Waals surface area contributed by atoms with Crippen LogP contribution in [0.25, 0.3) is 6.08 Å². The zero-order valence-electron chi connectivity index (χ0n) is 25.2. The van der Waals surface area contributed by atoms with E-state index in [0.717, 1.165) is 60.7 Å². The van der Waals surface area contributed by atoms with E-state index in [4.69, 9.17) is 9.72 Å². The zero-order valence-corrected chi connectivity index (χ0v) is 26.0. The Morgan fingerprint density at radius 3 is 2.37 bits per heavy atom. The summed E-state index contributed by atoms with van der Waals surface area (Å²) in [5.41, 5.74) is 3.99. The molecule has 0 unspecified atom stereocenters. The van der Waals surface area contributed by atoms with Gasteiger partial charge in [-0.15, -0.1) is 0 Å². The third kappa shape index (κ3) is 8.67. The highest BCUT2D eigenvalue weighted by atomic mass is 32.2. The van der Waals surface area contributed by atoms with Gasteiger partial charge in [0.25, 0.3) is 5.91 Å². The van der Waals surface area contributed by atoms with E-state index in [1.54, 1.807) is 11.8 Å². The van der Waals surface area contributed by atoms with E-state index in [0.29, 0.717) is 38.1 Å². The Kier molecular flexibility index (Phi) is 10.8. The quantitative estimate of drug-likeness (QED) is 0.176. The molecule has 3 aromatic rings. The molecule has 1 amide bonds. The van der Waals surface area contributed by atoms with Crippen molar-refractivity contribution in [2.24, 2.45) is 5.92 Å². The van der Waals surface area contributed by atoms with E-state index in [-0.39, 0.29) is 17.8 Å². The number of piperazine rings is 1. The molecule has 0 radical (unpaired) electrons. The number of hydrogen-bond donors (Lipinski definition) is 0. The number of hydrogen-bond acceptors (Lipinski definition) is 8. The van der Waals surface area contributed by atoms with Gasteiger partial charge in [-0.25, -0.2) is 9.97 Å². The number of rotatable bonds is 10. The minimum absolute atomic E-state index is 0.0143. The van der Waals surface area contributed by atoms with Gasteiger partial charge >= 0.3 is 5.97 Å². The van der Waals surface area contributed by atoms with E-state index in [1.807, 2.05) is 49.1 Å². The summed E-state index contributed by atoms with van der Waals surface area (Å²) in [4.78, 5) is 41.3. The second-order valence-electron chi connectivity index (χ2n) is 11.1. The summed E-state index contributed by atoms with van der Waals surface area (Å²) in [6.45, 7) is 10.2. The molecule has 43 heavy (non-hydrogen) atoms. The Bertz CT molecular complexity index is 1380. The lowest BCUT2D eigenvalue weighted by atomic mass is 9.96. The van der Waals surface area contributed by atoms with Crippen LogP contribution in [0.3, 0.4) is 0 Å². The van der Waals surface area contributed by atoms with Gasteiger partial charge in [-0.05, 0) is 49.9 Å². The van der Waals surface area contributed by atoms with Crippen LogP contribution in [0.4, 0.5) is 5.82 Å². The van der Waals surface area contributed by atoms with Gasteiger partial charge in [-0.2, -0.15) is 0 Å². The number of esters is 1. The van der Waals surface area contributed by atoms with Crippen LogP contribution in [0.2, 0.25) is 0 Å². The standard InChI is InChI=1S/C34H41N5O3S/c1-3-42-33(41)30-15-18-39(19-16-30)32(40)29-13-11-28(12-14-29)25-43-34-35-26(2)24-31(36-34)38-22-20-37(21-23-38)17-7-10-27-8-5-4-6-9-27/h4-14,24,30H,3,15-23,25H2,1-2H3/b10-7+. The number of ether oxygens (including phenoxy) is 1. The molecule has 0 spiro atoms. The lowest BCUT2D eigenvalue weighted by Crippen LogP contribution is -2.46. The molecule has 2 fully saturated rings. The summed E-state index contributed by atoms with van der Waals surface area (Å²) in [5.74, 6) is 1.48. The summed E-state index contributed by atoms with van der Waals surface area (Å²) in [7, 11) is 0. The smallest absolute Gasteiger partial charge is 0.309 e. The molecule has 2 aliphatic rings. The molecule has 226 valence electrons. The van der Waals surface area contributed by atoms with Crippen molar-refractivity contribution in [3.05, 3.63) is 89.1 Å². The molecule has 0 N–H and O–H groups in total. The molecule has 5 rings (SSSR count). The molecule has 1 aromatic heterocycles. The number of benzene rings is 2. The van der Waals surface area contributed by atoms with Crippen molar-refractivity contribution in [3.8, 4) is 0 Å². The first-order valence-corrected chi connectivity index (χ1v) is 16.2. The number of aromatic nitrogens is 2. The predicted octanol–water partition coefficient (Wildman–Crippen LogP) is 5.33. The van der Waals surface area contributed by atoms with Gasteiger partial charge in [-0.1, -0.05) is 66.4 Å². The average Bonchev–Trinajstić information content (AvgIpc) is 3.04. The lowest BCUT2D eigenvalue weighted by molar-refractivity contribution is -0.149. The van der Waals surface area contributed by atoms with Crippen LogP contribution < -0.4 is 4.90 Å². The molecule has 8 nitrogen and oxygen atoms in total. The van der Waals surface area contributed by atoms with Crippen molar-refractivity contribution < 1.29 is 14.3 Å². The normalized spacial score (nSPS) is 16.5. The summed E-state index contributed by atoms with van der Waals surface area (Å²) in [6.07, 6.45) is 5.74. The number of aryl methyl sites for hydroxylation is 1. The minimum Gasteiger partial charge on any atom is -0.466 e. The monoisotopic (exact) mass is 599 g/mol. The summed E-state index contributed by atoms with van der Waals surface area (Å²) in [6, 6.07) is 20.3. The summed E-state index contributed by atoms with van der Waals surface area (Å²) in [5, 5.41) is 0.771. The number of amides is 1. The number of carbonyl (C=O) groups is 2. The highest BCUT2D eigenvalue weighted by Gasteiger charge is 2.28. The maximum absolute atomic E-state index is 13.0. The van der Waals surface area contributed by atoms with E-state index in [2.05, 4.69) is 57.3 Å². The van der Waals surface area contributed by atoms with E-state index in [9.17, 15) is 9.59 Å². The lowest BCUT2D eigenvalue weighted by Gasteiger charge is -2.35. The molecule has 0 atom stereocenters. The fraction of sp³-hybridized carbons (Fsp3) is 0.412. The number of nitrogens with zero attached hydrogens (tertiary/aromatic N) is 5. The molecule has 2 aliphatic heterocycles. The first-order valence-electron chi connectivity index (χ1n) is 15.2. The largest absolute Gasteiger partial charge is 0.466 e. The van der Waals surface area contributed by atoms with Crippen LogP contribution >= 0.6 is 11.8 Å². The first kappa shape index (κ1) is 30.8. The highest BCUT2D eigenvalue weighted by molar-refractivity contribution is 7.98. The van der Waals surface area contributed by atoms with Gasteiger partial charge in [-0.3, -0.25) is 14.5 Å².